The normalized spacial score (nSPS) is 10.1. The summed E-state index contributed by atoms with van der Waals surface area (Å²) in [6.07, 6.45) is 3.75. The number of aromatic nitrogens is 1. The molecule has 0 atom stereocenters. The molecule has 0 bridgehead atoms. The third-order valence-electron chi connectivity index (χ3n) is 3.09. The van der Waals surface area contributed by atoms with Crippen molar-refractivity contribution >= 4 is 11.6 Å². The Hall–Kier alpha value is -2.56. The number of para-hydroxylation sites is 2. The molecule has 0 aliphatic rings. The van der Waals surface area contributed by atoms with E-state index in [0.29, 0.717) is 31.0 Å². The van der Waals surface area contributed by atoms with Crippen LogP contribution in [0.5, 0.6) is 5.75 Å². The van der Waals surface area contributed by atoms with Gasteiger partial charge < -0.3 is 15.4 Å². The molecule has 1 heterocycles. The Bertz CT molecular complexity index is 587. The summed E-state index contributed by atoms with van der Waals surface area (Å²) in [6.45, 7) is 0.878. The van der Waals surface area contributed by atoms with Gasteiger partial charge in [-0.25, -0.2) is 0 Å². The molecule has 0 aliphatic heterocycles. The molecule has 0 aliphatic carbocycles. The minimum Gasteiger partial charge on any atom is -0.491 e. The van der Waals surface area contributed by atoms with Gasteiger partial charge >= 0.3 is 0 Å². The highest BCUT2D eigenvalue weighted by Crippen LogP contribution is 2.19. The lowest BCUT2D eigenvalue weighted by molar-refractivity contribution is -0.130. The zero-order valence-corrected chi connectivity index (χ0v) is 12.0. The van der Waals surface area contributed by atoms with Crippen molar-refractivity contribution in [2.75, 3.05) is 19.4 Å². The van der Waals surface area contributed by atoms with Crippen LogP contribution in [0.25, 0.3) is 0 Å². The van der Waals surface area contributed by atoms with Crippen molar-refractivity contribution < 1.29 is 9.53 Å². The van der Waals surface area contributed by atoms with Gasteiger partial charge in [0.2, 0.25) is 5.91 Å². The number of anilines is 1. The topological polar surface area (TPSA) is 68.5 Å². The fourth-order valence-corrected chi connectivity index (χ4v) is 1.90. The summed E-state index contributed by atoms with van der Waals surface area (Å²) < 4.78 is 5.53. The van der Waals surface area contributed by atoms with Gasteiger partial charge in [0.25, 0.3) is 0 Å². The number of amides is 1. The third kappa shape index (κ3) is 4.49. The van der Waals surface area contributed by atoms with E-state index < -0.39 is 0 Å². The molecular formula is C16H19N3O2. The summed E-state index contributed by atoms with van der Waals surface area (Å²) in [4.78, 5) is 17.6. The van der Waals surface area contributed by atoms with Crippen molar-refractivity contribution in [3.05, 3.63) is 54.4 Å². The first-order valence-corrected chi connectivity index (χ1v) is 6.77. The SMILES string of the molecule is CN(Cc1ccncc1)C(=O)CCOc1ccccc1N. The van der Waals surface area contributed by atoms with Crippen molar-refractivity contribution in [1.82, 2.24) is 9.88 Å². The number of nitrogen functional groups attached to an aromatic ring is 1. The number of hydrogen-bond donors (Lipinski definition) is 1. The number of nitrogens with zero attached hydrogens (tertiary/aromatic N) is 2. The summed E-state index contributed by atoms with van der Waals surface area (Å²) in [5, 5.41) is 0. The van der Waals surface area contributed by atoms with E-state index in [0.717, 1.165) is 5.56 Å². The lowest BCUT2D eigenvalue weighted by Crippen LogP contribution is -2.27. The Morgan fingerprint density at radius 2 is 1.95 bits per heavy atom. The molecule has 0 unspecified atom stereocenters. The summed E-state index contributed by atoms with van der Waals surface area (Å²) in [7, 11) is 1.78. The smallest absolute Gasteiger partial charge is 0.226 e. The summed E-state index contributed by atoms with van der Waals surface area (Å²) in [6, 6.07) is 11.0. The van der Waals surface area contributed by atoms with Crippen molar-refractivity contribution in [3.63, 3.8) is 0 Å². The number of carbonyl (C=O) groups is 1. The molecule has 0 spiro atoms. The van der Waals surface area contributed by atoms with Crippen LogP contribution in [0.2, 0.25) is 0 Å². The van der Waals surface area contributed by atoms with Crippen LogP contribution in [-0.2, 0) is 11.3 Å². The van der Waals surface area contributed by atoms with Crippen molar-refractivity contribution in [2.45, 2.75) is 13.0 Å². The fraction of sp³-hybridized carbons (Fsp3) is 0.250. The van der Waals surface area contributed by atoms with Crippen LogP contribution in [0.3, 0.4) is 0 Å². The number of hydrogen-bond acceptors (Lipinski definition) is 4. The molecule has 1 amide bonds. The Kier molecular flexibility index (Phi) is 5.15. The molecule has 0 saturated heterocycles. The molecule has 2 rings (SSSR count). The zero-order chi connectivity index (χ0) is 15.1. The van der Waals surface area contributed by atoms with E-state index in [1.807, 2.05) is 24.3 Å². The summed E-state index contributed by atoms with van der Waals surface area (Å²) in [5.41, 5.74) is 7.40. The van der Waals surface area contributed by atoms with Gasteiger partial charge in [-0.15, -0.1) is 0 Å². The highest BCUT2D eigenvalue weighted by Gasteiger charge is 2.09. The number of benzene rings is 1. The first-order valence-electron chi connectivity index (χ1n) is 6.77. The Morgan fingerprint density at radius 1 is 1.24 bits per heavy atom. The summed E-state index contributed by atoms with van der Waals surface area (Å²) in [5.74, 6) is 0.642. The van der Waals surface area contributed by atoms with E-state index in [2.05, 4.69) is 4.98 Å². The van der Waals surface area contributed by atoms with Crippen molar-refractivity contribution in [3.8, 4) is 5.75 Å². The average Bonchev–Trinajstić information content (AvgIpc) is 2.50. The lowest BCUT2D eigenvalue weighted by atomic mass is 10.2. The Labute approximate surface area is 124 Å². The van der Waals surface area contributed by atoms with Gasteiger partial charge in [0.15, 0.2) is 0 Å². The highest BCUT2D eigenvalue weighted by molar-refractivity contribution is 5.76. The van der Waals surface area contributed by atoms with Gasteiger partial charge in [-0.2, -0.15) is 0 Å². The number of nitrogens with two attached hydrogens (primary N) is 1. The van der Waals surface area contributed by atoms with E-state index >= 15 is 0 Å². The maximum absolute atomic E-state index is 12.0. The molecule has 110 valence electrons. The van der Waals surface area contributed by atoms with E-state index in [1.165, 1.54) is 0 Å². The number of pyridine rings is 1. The molecule has 1 aromatic heterocycles. The molecule has 5 nitrogen and oxygen atoms in total. The molecule has 0 fully saturated rings. The first-order chi connectivity index (χ1) is 10.2. The molecule has 2 aromatic rings. The van der Waals surface area contributed by atoms with Crippen LogP contribution >= 0.6 is 0 Å². The number of ether oxygens (including phenoxy) is 1. The fourth-order valence-electron chi connectivity index (χ4n) is 1.90. The van der Waals surface area contributed by atoms with Crippen LogP contribution in [-0.4, -0.2) is 29.4 Å². The maximum Gasteiger partial charge on any atom is 0.226 e. The minimum atomic E-state index is 0.0290. The van der Waals surface area contributed by atoms with Crippen molar-refractivity contribution in [2.24, 2.45) is 0 Å². The lowest BCUT2D eigenvalue weighted by Gasteiger charge is -2.17. The van der Waals surface area contributed by atoms with Gasteiger partial charge in [-0.1, -0.05) is 12.1 Å². The Balaban J connectivity index is 1.78. The second kappa shape index (κ2) is 7.28. The second-order valence-electron chi connectivity index (χ2n) is 4.74. The van der Waals surface area contributed by atoms with E-state index in [-0.39, 0.29) is 5.91 Å². The van der Waals surface area contributed by atoms with Crippen LogP contribution in [0.1, 0.15) is 12.0 Å². The molecular weight excluding hydrogens is 266 g/mol. The van der Waals surface area contributed by atoms with Gasteiger partial charge in [0.05, 0.1) is 18.7 Å². The standard InChI is InChI=1S/C16H19N3O2/c1-19(12-13-6-9-18-10-7-13)16(20)8-11-21-15-5-3-2-4-14(15)17/h2-7,9-10H,8,11-12,17H2,1H3. The largest absolute Gasteiger partial charge is 0.491 e. The van der Waals surface area contributed by atoms with Gasteiger partial charge in [-0.05, 0) is 29.8 Å². The average molecular weight is 285 g/mol. The first kappa shape index (κ1) is 14.8. The molecule has 0 radical (unpaired) electrons. The van der Waals surface area contributed by atoms with E-state index in [4.69, 9.17) is 10.5 Å². The number of rotatable bonds is 6. The molecule has 21 heavy (non-hydrogen) atoms. The van der Waals surface area contributed by atoms with E-state index in [1.54, 1.807) is 36.5 Å². The van der Waals surface area contributed by atoms with Gasteiger partial charge in [-0.3, -0.25) is 9.78 Å². The molecule has 1 aromatic carbocycles. The van der Waals surface area contributed by atoms with Crippen LogP contribution < -0.4 is 10.5 Å². The minimum absolute atomic E-state index is 0.0290. The number of carbonyl (C=O) groups excluding carboxylic acids is 1. The quantitative estimate of drug-likeness (QED) is 0.825. The third-order valence-corrected chi connectivity index (χ3v) is 3.09. The predicted molar refractivity (Wildman–Crippen MR) is 81.7 cm³/mol. The van der Waals surface area contributed by atoms with Crippen LogP contribution in [0.4, 0.5) is 5.69 Å². The summed E-state index contributed by atoms with van der Waals surface area (Å²) >= 11 is 0. The zero-order valence-electron chi connectivity index (χ0n) is 12.0. The van der Waals surface area contributed by atoms with Crippen LogP contribution in [0.15, 0.2) is 48.8 Å². The molecule has 2 N–H and O–H groups in total. The molecule has 0 saturated carbocycles. The van der Waals surface area contributed by atoms with E-state index in [9.17, 15) is 4.79 Å². The predicted octanol–water partition coefficient (Wildman–Crippen LogP) is 2.09. The highest BCUT2D eigenvalue weighted by atomic mass is 16.5. The second-order valence-corrected chi connectivity index (χ2v) is 4.74. The maximum atomic E-state index is 12.0. The van der Waals surface area contributed by atoms with Gasteiger partial charge in [0.1, 0.15) is 5.75 Å². The Morgan fingerprint density at radius 3 is 2.67 bits per heavy atom. The van der Waals surface area contributed by atoms with Crippen molar-refractivity contribution in [1.29, 1.82) is 0 Å². The molecule has 5 heteroatoms. The monoisotopic (exact) mass is 285 g/mol. The van der Waals surface area contributed by atoms with Crippen LogP contribution in [0, 0.1) is 0 Å². The van der Waals surface area contributed by atoms with Gasteiger partial charge in [0, 0.05) is 26.0 Å².